The fourth-order valence-corrected chi connectivity index (χ4v) is 4.42. The third-order valence-corrected chi connectivity index (χ3v) is 5.71. The number of hydrogen-bond donors (Lipinski definition) is 1. The van der Waals surface area contributed by atoms with Crippen molar-refractivity contribution < 1.29 is 0 Å². The van der Waals surface area contributed by atoms with Crippen LogP contribution in [-0.4, -0.2) is 17.8 Å². The first-order valence-corrected chi connectivity index (χ1v) is 9.68. The van der Waals surface area contributed by atoms with Crippen molar-refractivity contribution in [3.8, 4) is 0 Å². The summed E-state index contributed by atoms with van der Waals surface area (Å²) >= 11 is 0. The third-order valence-electron chi connectivity index (χ3n) is 5.71. The molecule has 26 heavy (non-hydrogen) atoms. The second-order valence-electron chi connectivity index (χ2n) is 8.59. The van der Waals surface area contributed by atoms with Crippen LogP contribution in [-0.2, 0) is 25.0 Å². The minimum Gasteiger partial charge on any atom is -0.357 e. The van der Waals surface area contributed by atoms with Crippen molar-refractivity contribution in [2.75, 3.05) is 6.54 Å². The van der Waals surface area contributed by atoms with Crippen LogP contribution in [0.15, 0.2) is 41.4 Å². The smallest absolute Gasteiger partial charge is 0.0915 e. The topological polar surface area (TPSA) is 27.6 Å². The minimum absolute atomic E-state index is 0.0799. The third kappa shape index (κ3) is 3.05. The summed E-state index contributed by atoms with van der Waals surface area (Å²) in [7, 11) is 0. The van der Waals surface area contributed by atoms with E-state index >= 15 is 0 Å². The number of para-hydroxylation sites is 1. The van der Waals surface area contributed by atoms with Crippen molar-refractivity contribution in [2.24, 2.45) is 4.99 Å². The van der Waals surface area contributed by atoms with Gasteiger partial charge in [-0.2, -0.15) is 0 Å². The molecule has 0 aromatic heterocycles. The first-order valence-electron chi connectivity index (χ1n) is 9.68. The van der Waals surface area contributed by atoms with E-state index in [4.69, 9.17) is 4.99 Å². The lowest BCUT2D eigenvalue weighted by atomic mass is 9.80. The van der Waals surface area contributed by atoms with Gasteiger partial charge in [-0.1, -0.05) is 64.1 Å². The molecule has 0 bridgehead atoms. The molecule has 0 radical (unpaired) electrons. The summed E-state index contributed by atoms with van der Waals surface area (Å²) in [6, 6.07) is 13.4. The van der Waals surface area contributed by atoms with Crippen LogP contribution < -0.4 is 5.32 Å². The van der Waals surface area contributed by atoms with Crippen molar-refractivity contribution in [1.29, 1.82) is 0 Å². The van der Waals surface area contributed by atoms with Gasteiger partial charge in [-0.05, 0) is 33.7 Å². The standard InChI is InChI=1S/C23H29N3/c1-16(2)19-9-5-8-18-13-26(15-25-22(18)19)14-23(3,4)21-10-6-7-17-11-24-12-20(17)21/h5-10,15-16,24H,11-14H2,1-4H3. The number of nitrogens with zero attached hydrogens (tertiary/aromatic N) is 2. The van der Waals surface area contributed by atoms with Crippen molar-refractivity contribution in [3.63, 3.8) is 0 Å². The van der Waals surface area contributed by atoms with E-state index in [9.17, 15) is 0 Å². The van der Waals surface area contributed by atoms with Gasteiger partial charge in [0.25, 0.3) is 0 Å². The maximum atomic E-state index is 4.83. The number of nitrogens with one attached hydrogen (secondary N) is 1. The zero-order valence-electron chi connectivity index (χ0n) is 16.3. The molecule has 0 atom stereocenters. The first kappa shape index (κ1) is 17.3. The first-order chi connectivity index (χ1) is 12.5. The molecule has 0 saturated heterocycles. The van der Waals surface area contributed by atoms with Crippen LogP contribution in [0.3, 0.4) is 0 Å². The average Bonchev–Trinajstić information content (AvgIpc) is 3.09. The van der Waals surface area contributed by atoms with E-state index in [1.54, 1.807) is 0 Å². The van der Waals surface area contributed by atoms with E-state index in [0.717, 1.165) is 26.2 Å². The number of rotatable bonds is 4. The summed E-state index contributed by atoms with van der Waals surface area (Å²) in [6.45, 7) is 13.1. The fourth-order valence-electron chi connectivity index (χ4n) is 4.42. The van der Waals surface area contributed by atoms with Crippen LogP contribution >= 0.6 is 0 Å². The van der Waals surface area contributed by atoms with Crippen LogP contribution in [0.5, 0.6) is 0 Å². The molecular formula is C23H29N3. The number of fused-ring (bicyclic) bond motifs is 2. The van der Waals surface area contributed by atoms with Crippen LogP contribution in [0.2, 0.25) is 0 Å². The molecule has 0 aliphatic carbocycles. The zero-order chi connectivity index (χ0) is 18.3. The summed E-state index contributed by atoms with van der Waals surface area (Å²) in [5.74, 6) is 0.504. The molecule has 3 heteroatoms. The van der Waals surface area contributed by atoms with E-state index in [-0.39, 0.29) is 5.41 Å². The predicted molar refractivity (Wildman–Crippen MR) is 109 cm³/mol. The molecular weight excluding hydrogens is 318 g/mol. The largest absolute Gasteiger partial charge is 0.357 e. The molecule has 4 rings (SSSR count). The van der Waals surface area contributed by atoms with Crippen LogP contribution in [0.4, 0.5) is 5.69 Å². The van der Waals surface area contributed by atoms with E-state index < -0.39 is 0 Å². The van der Waals surface area contributed by atoms with Gasteiger partial charge in [-0.15, -0.1) is 0 Å². The summed E-state index contributed by atoms with van der Waals surface area (Å²) in [5, 5.41) is 3.49. The molecule has 0 amide bonds. The normalized spacial score (nSPS) is 16.1. The lowest BCUT2D eigenvalue weighted by molar-refractivity contribution is 0.325. The molecule has 2 aromatic rings. The Morgan fingerprint density at radius 3 is 2.65 bits per heavy atom. The summed E-state index contributed by atoms with van der Waals surface area (Å²) in [4.78, 5) is 7.20. The molecule has 1 N–H and O–H groups in total. The highest BCUT2D eigenvalue weighted by molar-refractivity contribution is 5.69. The van der Waals surface area contributed by atoms with Crippen molar-refractivity contribution in [3.05, 3.63) is 64.2 Å². The molecule has 136 valence electrons. The van der Waals surface area contributed by atoms with Crippen molar-refractivity contribution in [1.82, 2.24) is 10.2 Å². The molecule has 0 spiro atoms. The Kier molecular flexibility index (Phi) is 4.36. The van der Waals surface area contributed by atoms with Crippen LogP contribution in [0.1, 0.15) is 61.4 Å². The molecule has 0 unspecified atom stereocenters. The molecule has 3 nitrogen and oxygen atoms in total. The Morgan fingerprint density at radius 2 is 1.85 bits per heavy atom. The van der Waals surface area contributed by atoms with E-state index in [1.807, 2.05) is 0 Å². The number of aliphatic imine (C=N–C) groups is 1. The minimum atomic E-state index is 0.0799. The molecule has 0 saturated carbocycles. The molecule has 2 heterocycles. The Morgan fingerprint density at radius 1 is 1.08 bits per heavy atom. The molecule has 2 aliphatic rings. The van der Waals surface area contributed by atoms with Gasteiger partial charge in [-0.25, -0.2) is 4.99 Å². The lowest BCUT2D eigenvalue weighted by Crippen LogP contribution is -2.37. The second-order valence-corrected chi connectivity index (χ2v) is 8.59. The molecule has 0 fully saturated rings. The maximum Gasteiger partial charge on any atom is 0.0915 e. The fraction of sp³-hybridized carbons (Fsp3) is 0.435. The molecule has 2 aromatic carbocycles. The summed E-state index contributed by atoms with van der Waals surface area (Å²) < 4.78 is 0. The van der Waals surface area contributed by atoms with Crippen molar-refractivity contribution >= 4 is 12.0 Å². The van der Waals surface area contributed by atoms with Gasteiger partial charge in [0, 0.05) is 31.6 Å². The highest BCUT2D eigenvalue weighted by atomic mass is 15.2. The second kappa shape index (κ2) is 6.55. The Labute approximate surface area is 157 Å². The zero-order valence-corrected chi connectivity index (χ0v) is 16.3. The lowest BCUT2D eigenvalue weighted by Gasteiger charge is -2.35. The highest BCUT2D eigenvalue weighted by Gasteiger charge is 2.29. The van der Waals surface area contributed by atoms with Crippen LogP contribution in [0, 0.1) is 0 Å². The van der Waals surface area contributed by atoms with Crippen LogP contribution in [0.25, 0.3) is 0 Å². The number of benzene rings is 2. The van der Waals surface area contributed by atoms with Gasteiger partial charge in [-0.3, -0.25) is 0 Å². The Hall–Kier alpha value is -2.13. The van der Waals surface area contributed by atoms with Crippen molar-refractivity contribution in [2.45, 2.75) is 58.7 Å². The maximum absolute atomic E-state index is 4.83. The summed E-state index contributed by atoms with van der Waals surface area (Å²) in [6.07, 6.45) is 2.05. The Balaban J connectivity index is 1.58. The van der Waals surface area contributed by atoms with Gasteiger partial charge in [0.15, 0.2) is 0 Å². The SMILES string of the molecule is CC(C)c1cccc2c1N=CN(CC(C)(C)c1cccc3c1CNC3)C2. The van der Waals surface area contributed by atoms with Gasteiger partial charge in [0.1, 0.15) is 0 Å². The van der Waals surface area contributed by atoms with Gasteiger partial charge in [0.2, 0.25) is 0 Å². The average molecular weight is 348 g/mol. The molecule has 2 aliphatic heterocycles. The Bertz CT molecular complexity index is 849. The van der Waals surface area contributed by atoms with Gasteiger partial charge >= 0.3 is 0 Å². The monoisotopic (exact) mass is 347 g/mol. The highest BCUT2D eigenvalue weighted by Crippen LogP contribution is 2.35. The predicted octanol–water partition coefficient (Wildman–Crippen LogP) is 4.87. The van der Waals surface area contributed by atoms with E-state index in [2.05, 4.69) is 80.6 Å². The van der Waals surface area contributed by atoms with E-state index in [1.165, 1.54) is 33.5 Å². The number of hydrogen-bond acceptors (Lipinski definition) is 3. The quantitative estimate of drug-likeness (QED) is 0.855. The van der Waals surface area contributed by atoms with Gasteiger partial charge in [0.05, 0.1) is 12.0 Å². The van der Waals surface area contributed by atoms with Gasteiger partial charge < -0.3 is 10.2 Å². The summed E-state index contributed by atoms with van der Waals surface area (Å²) in [5.41, 5.74) is 8.37. The van der Waals surface area contributed by atoms with E-state index in [0.29, 0.717) is 5.92 Å².